The average molecular weight is 601 g/mol. The number of benzene rings is 4. The van der Waals surface area contributed by atoms with Gasteiger partial charge in [-0.3, -0.25) is 0 Å². The number of ether oxygens (including phenoxy) is 2. The maximum Gasteiger partial charge on any atom is 0.340 e. The second-order valence-electron chi connectivity index (χ2n) is 9.14. The zero-order valence-corrected chi connectivity index (χ0v) is 22.9. The molecule has 1 spiro atoms. The van der Waals surface area contributed by atoms with Crippen molar-refractivity contribution >= 4 is 50.9 Å². The molecule has 0 aliphatic carbocycles. The number of para-hydroxylation sites is 1. The Morgan fingerprint density at radius 1 is 0.825 bits per heavy atom. The maximum absolute atomic E-state index is 13.2. The monoisotopic (exact) mass is 600 g/mol. The lowest BCUT2D eigenvalue weighted by Gasteiger charge is -2.37. The molecule has 10 heteroatoms. The quantitative estimate of drug-likeness (QED) is 0.202. The predicted octanol–water partition coefficient (Wildman–Crippen LogP) is 6.52. The van der Waals surface area contributed by atoms with Crippen LogP contribution in [0.2, 0.25) is 0 Å². The summed E-state index contributed by atoms with van der Waals surface area (Å²) in [5.74, 6) is -1.11. The van der Waals surface area contributed by atoms with Crippen LogP contribution in [0.15, 0.2) is 89.4 Å². The first-order valence-corrected chi connectivity index (χ1v) is 13.0. The summed E-state index contributed by atoms with van der Waals surface area (Å²) in [6.07, 6.45) is 0. The van der Waals surface area contributed by atoms with Gasteiger partial charge >= 0.3 is 17.9 Å². The molecule has 1 N–H and O–H groups in total. The summed E-state index contributed by atoms with van der Waals surface area (Å²) < 4.78 is 13.3. The first kappa shape index (κ1) is 25.4. The second kappa shape index (κ2) is 9.73. The minimum absolute atomic E-state index is 0.210. The normalized spacial score (nSPS) is 16.1. The molecule has 0 aromatic heterocycles. The number of fused-ring (bicyclic) bond motifs is 6. The Bertz CT molecular complexity index is 1680. The molecule has 0 saturated heterocycles. The highest BCUT2D eigenvalue weighted by molar-refractivity contribution is 9.10. The lowest BCUT2D eigenvalue weighted by Crippen LogP contribution is -2.34. The number of rotatable bonds is 5. The number of hydrogen-bond donors (Lipinski definition) is 1. The van der Waals surface area contributed by atoms with Crippen molar-refractivity contribution in [2.75, 3.05) is 10.5 Å². The van der Waals surface area contributed by atoms with Crippen LogP contribution < -0.4 is 15.3 Å². The van der Waals surface area contributed by atoms with Crippen molar-refractivity contribution in [1.29, 1.82) is 0 Å². The Morgan fingerprint density at radius 3 is 2.23 bits per heavy atom. The van der Waals surface area contributed by atoms with Crippen molar-refractivity contribution in [2.45, 2.75) is 19.4 Å². The van der Waals surface area contributed by atoms with E-state index < -0.39 is 23.5 Å². The van der Waals surface area contributed by atoms with Crippen LogP contribution in [0.5, 0.6) is 11.5 Å². The van der Waals surface area contributed by atoms with Crippen molar-refractivity contribution in [2.24, 2.45) is 0 Å². The van der Waals surface area contributed by atoms with E-state index in [0.29, 0.717) is 43.5 Å². The summed E-state index contributed by atoms with van der Waals surface area (Å²) in [4.78, 5) is 46.7. The molecule has 1 unspecified atom stereocenters. The number of hydrogen-bond acceptors (Lipinski definition) is 9. The summed E-state index contributed by atoms with van der Waals surface area (Å²) in [7, 11) is 0. The van der Waals surface area contributed by atoms with Gasteiger partial charge in [0.15, 0.2) is 5.60 Å². The zero-order chi connectivity index (χ0) is 28.0. The Kier molecular flexibility index (Phi) is 6.19. The van der Waals surface area contributed by atoms with E-state index >= 15 is 0 Å². The van der Waals surface area contributed by atoms with E-state index in [-0.39, 0.29) is 5.69 Å². The van der Waals surface area contributed by atoms with Crippen molar-refractivity contribution in [1.82, 2.24) is 0 Å². The third-order valence-corrected chi connectivity index (χ3v) is 7.13. The molecule has 2 heterocycles. The third kappa shape index (κ3) is 4.22. The van der Waals surface area contributed by atoms with E-state index in [0.717, 1.165) is 11.4 Å². The molecular weight excluding hydrogens is 580 g/mol. The molecule has 1 atom stereocenters. The number of nitrogens with zero attached hydrogens (tertiary/aromatic N) is 1. The van der Waals surface area contributed by atoms with E-state index in [1.807, 2.05) is 48.5 Å². The lowest BCUT2D eigenvalue weighted by molar-refractivity contribution is -0.171. The molecule has 40 heavy (non-hydrogen) atoms. The molecule has 6 rings (SSSR count). The van der Waals surface area contributed by atoms with Gasteiger partial charge in [-0.2, -0.15) is 0 Å². The van der Waals surface area contributed by atoms with Gasteiger partial charge in [-0.25, -0.2) is 14.4 Å². The molecule has 2 aliphatic rings. The topological polar surface area (TPSA) is 103 Å². The highest BCUT2D eigenvalue weighted by atomic mass is 79.9. The lowest BCUT2D eigenvalue weighted by atomic mass is 9.77. The molecule has 2 aliphatic heterocycles. The number of esters is 1. The molecule has 4 aromatic rings. The van der Waals surface area contributed by atoms with Crippen LogP contribution in [-0.2, 0) is 29.6 Å². The molecule has 0 amide bonds. The van der Waals surface area contributed by atoms with E-state index in [1.165, 1.54) is 13.8 Å². The number of anilines is 3. The smallest absolute Gasteiger partial charge is 0.340 e. The minimum Gasteiger partial charge on any atom is -0.456 e. The Morgan fingerprint density at radius 2 is 1.50 bits per heavy atom. The summed E-state index contributed by atoms with van der Waals surface area (Å²) in [6, 6.07) is 25.4. The average Bonchev–Trinajstić information content (AvgIpc) is 3.22. The van der Waals surface area contributed by atoms with E-state index in [9.17, 15) is 14.4 Å². The van der Waals surface area contributed by atoms with Gasteiger partial charge in [0, 0.05) is 46.8 Å². The zero-order valence-electron chi connectivity index (χ0n) is 21.3. The van der Waals surface area contributed by atoms with Gasteiger partial charge in [-0.15, -0.1) is 0 Å². The summed E-state index contributed by atoms with van der Waals surface area (Å²) in [6.45, 7) is 2.37. The van der Waals surface area contributed by atoms with Crippen molar-refractivity contribution in [3.05, 3.63) is 112 Å². The Balaban J connectivity index is 1.54. The van der Waals surface area contributed by atoms with Crippen LogP contribution in [0, 0.1) is 0 Å². The molecule has 9 nitrogen and oxygen atoms in total. The second-order valence-corrected chi connectivity index (χ2v) is 10.00. The van der Waals surface area contributed by atoms with E-state index in [4.69, 9.17) is 19.1 Å². The number of halogens is 1. The van der Waals surface area contributed by atoms with Crippen LogP contribution in [0.1, 0.15) is 40.9 Å². The van der Waals surface area contributed by atoms with Crippen molar-refractivity contribution in [3.8, 4) is 11.5 Å². The van der Waals surface area contributed by atoms with Crippen LogP contribution in [-0.4, -0.2) is 17.9 Å². The van der Waals surface area contributed by atoms with Gasteiger partial charge < -0.3 is 24.5 Å². The largest absolute Gasteiger partial charge is 0.456 e. The summed E-state index contributed by atoms with van der Waals surface area (Å²) in [5.41, 5.74) is 2.74. The minimum atomic E-state index is -1.34. The fourth-order valence-corrected chi connectivity index (χ4v) is 5.35. The highest BCUT2D eigenvalue weighted by Crippen LogP contribution is 2.57. The van der Waals surface area contributed by atoms with Gasteiger partial charge in [0.05, 0.1) is 11.3 Å². The molecule has 0 fully saturated rings. The molecule has 4 aromatic carbocycles. The van der Waals surface area contributed by atoms with Gasteiger partial charge in [-0.05, 0) is 63.6 Å². The molecular formula is C30H21BrN2O7. The molecule has 0 bridgehead atoms. The maximum atomic E-state index is 13.2. The Labute approximate surface area is 237 Å². The SMILES string of the molecule is CC(=O)ON(OC(C)=O)c1ccc2c(c1)Oc1cc(Br)c(Nc3ccccc3)cc1C21OC(=O)c2ccccc21. The van der Waals surface area contributed by atoms with Crippen molar-refractivity contribution < 1.29 is 33.5 Å². The fourth-order valence-electron chi connectivity index (χ4n) is 4.93. The summed E-state index contributed by atoms with van der Waals surface area (Å²) >= 11 is 3.63. The first-order chi connectivity index (χ1) is 19.3. The molecule has 0 radical (unpaired) electrons. The van der Waals surface area contributed by atoms with E-state index in [2.05, 4.69) is 21.2 Å². The van der Waals surface area contributed by atoms with Crippen LogP contribution in [0.4, 0.5) is 17.1 Å². The highest BCUT2D eigenvalue weighted by Gasteiger charge is 2.53. The fraction of sp³-hybridized carbons (Fsp3) is 0.100. The van der Waals surface area contributed by atoms with Gasteiger partial charge in [0.1, 0.15) is 17.2 Å². The first-order valence-electron chi connectivity index (χ1n) is 12.2. The predicted molar refractivity (Wildman–Crippen MR) is 148 cm³/mol. The Hall–Kier alpha value is -4.83. The number of carbonyl (C=O) groups excluding carboxylic acids is 3. The van der Waals surface area contributed by atoms with E-state index in [1.54, 1.807) is 36.4 Å². The van der Waals surface area contributed by atoms with Crippen LogP contribution >= 0.6 is 15.9 Å². The number of carbonyl (C=O) groups is 3. The van der Waals surface area contributed by atoms with Crippen LogP contribution in [0.3, 0.4) is 0 Å². The third-order valence-electron chi connectivity index (χ3n) is 6.47. The molecule has 0 saturated carbocycles. The van der Waals surface area contributed by atoms with Crippen LogP contribution in [0.25, 0.3) is 0 Å². The van der Waals surface area contributed by atoms with Gasteiger partial charge in [0.25, 0.3) is 0 Å². The molecule has 200 valence electrons. The van der Waals surface area contributed by atoms with Crippen molar-refractivity contribution in [3.63, 3.8) is 0 Å². The van der Waals surface area contributed by atoms with Gasteiger partial charge in [-0.1, -0.05) is 36.4 Å². The summed E-state index contributed by atoms with van der Waals surface area (Å²) in [5, 5.41) is 4.12. The number of nitrogens with one attached hydrogen (secondary N) is 1. The van der Waals surface area contributed by atoms with Gasteiger partial charge in [0.2, 0.25) is 0 Å². The standard InChI is InChI=1S/C30H21BrN2O7/c1-17(34)39-33(40-18(2)35)20-12-13-23-27(14-20)37-28-16-25(31)26(32-19-8-4-3-5-9-19)15-24(28)30(23)22-11-7-6-10-21(22)29(36)38-30/h3-16,32H,1-2H3.